The van der Waals surface area contributed by atoms with Crippen molar-refractivity contribution in [3.8, 4) is 0 Å². The summed E-state index contributed by atoms with van der Waals surface area (Å²) >= 11 is 0. The molecule has 1 saturated heterocycles. The highest BCUT2D eigenvalue weighted by molar-refractivity contribution is 5.92. The first-order chi connectivity index (χ1) is 10.4. The molecule has 3 rings (SSSR count). The Morgan fingerprint density at radius 2 is 1.95 bits per heavy atom. The van der Waals surface area contributed by atoms with Crippen LogP contribution in [-0.4, -0.2) is 17.6 Å². The number of pyridine rings is 1. The smallest absolute Gasteiger partial charge is 0.368 e. The minimum Gasteiger partial charge on any atom is -0.368 e. The average molecular weight is 308 g/mol. The van der Waals surface area contributed by atoms with Gasteiger partial charge in [0.05, 0.1) is 11.1 Å². The van der Waals surface area contributed by atoms with Crippen molar-refractivity contribution < 1.29 is 13.2 Å². The van der Waals surface area contributed by atoms with Crippen molar-refractivity contribution in [1.29, 1.82) is 0 Å². The molecule has 1 aromatic heterocycles. The summed E-state index contributed by atoms with van der Waals surface area (Å²) in [7, 11) is 0. The molecule has 2 heterocycles. The first-order valence-corrected chi connectivity index (χ1v) is 7.61. The van der Waals surface area contributed by atoms with Gasteiger partial charge in [0, 0.05) is 29.4 Å². The Balaban J connectivity index is 2.14. The topological polar surface area (TPSA) is 16.1 Å². The van der Waals surface area contributed by atoms with E-state index >= 15 is 0 Å². The largest absolute Gasteiger partial charge is 0.416 e. The minimum absolute atomic E-state index is 0.404. The molecule has 0 radical (unpaired) electrons. The summed E-state index contributed by atoms with van der Waals surface area (Å²) in [5.74, 6) is 0. The predicted octanol–water partition coefficient (Wildman–Crippen LogP) is 4.94. The highest BCUT2D eigenvalue weighted by Gasteiger charge is 2.31. The van der Waals surface area contributed by atoms with Crippen molar-refractivity contribution in [2.45, 2.75) is 45.3 Å². The van der Waals surface area contributed by atoms with Crippen LogP contribution in [0.4, 0.5) is 18.9 Å². The molecule has 0 aliphatic carbocycles. The molecule has 1 unspecified atom stereocenters. The SMILES string of the molecule is Cc1cc(N2CCCCC2C)c2ccc(C(F)(F)F)cc2n1. The van der Waals surface area contributed by atoms with E-state index in [2.05, 4.69) is 16.8 Å². The van der Waals surface area contributed by atoms with E-state index in [4.69, 9.17) is 0 Å². The van der Waals surface area contributed by atoms with E-state index in [-0.39, 0.29) is 0 Å². The van der Waals surface area contributed by atoms with Gasteiger partial charge in [0.1, 0.15) is 0 Å². The number of halogens is 3. The molecule has 1 aromatic carbocycles. The average Bonchev–Trinajstić information content (AvgIpc) is 2.45. The molecule has 2 aromatic rings. The van der Waals surface area contributed by atoms with Crippen molar-refractivity contribution >= 4 is 16.6 Å². The molecule has 1 atom stereocenters. The van der Waals surface area contributed by atoms with Crippen LogP contribution < -0.4 is 4.90 Å². The molecule has 1 aliphatic rings. The fraction of sp³-hybridized carbons (Fsp3) is 0.471. The molecular weight excluding hydrogens is 289 g/mol. The lowest BCUT2D eigenvalue weighted by Crippen LogP contribution is -2.37. The number of rotatable bonds is 1. The molecule has 5 heteroatoms. The Morgan fingerprint density at radius 3 is 2.64 bits per heavy atom. The number of aromatic nitrogens is 1. The third-order valence-corrected chi connectivity index (χ3v) is 4.36. The maximum absolute atomic E-state index is 12.9. The number of alkyl halides is 3. The van der Waals surface area contributed by atoms with Crippen molar-refractivity contribution in [2.24, 2.45) is 0 Å². The molecule has 2 nitrogen and oxygen atoms in total. The minimum atomic E-state index is -4.34. The number of hydrogen-bond donors (Lipinski definition) is 0. The van der Waals surface area contributed by atoms with E-state index in [9.17, 15) is 13.2 Å². The van der Waals surface area contributed by atoms with Gasteiger partial charge in [0.2, 0.25) is 0 Å². The van der Waals surface area contributed by atoms with Crippen LogP contribution in [0, 0.1) is 6.92 Å². The Hall–Kier alpha value is -1.78. The van der Waals surface area contributed by atoms with Crippen LogP contribution >= 0.6 is 0 Å². The second-order valence-electron chi connectivity index (χ2n) is 6.05. The first kappa shape index (κ1) is 15.1. The quantitative estimate of drug-likeness (QED) is 0.741. The third kappa shape index (κ3) is 2.76. The maximum Gasteiger partial charge on any atom is 0.416 e. The normalized spacial score (nSPS) is 19.7. The van der Waals surface area contributed by atoms with Crippen LogP contribution in [0.3, 0.4) is 0 Å². The summed E-state index contributed by atoms with van der Waals surface area (Å²) in [6, 6.07) is 6.25. The lowest BCUT2D eigenvalue weighted by atomic mass is 10.0. The van der Waals surface area contributed by atoms with Gasteiger partial charge in [0.15, 0.2) is 0 Å². The van der Waals surface area contributed by atoms with Crippen LogP contribution in [-0.2, 0) is 6.18 Å². The molecule has 0 N–H and O–H groups in total. The molecule has 1 aliphatic heterocycles. The van der Waals surface area contributed by atoms with Gasteiger partial charge in [-0.25, -0.2) is 0 Å². The summed E-state index contributed by atoms with van der Waals surface area (Å²) in [5.41, 5.74) is 1.53. The Morgan fingerprint density at radius 1 is 1.18 bits per heavy atom. The fourth-order valence-corrected chi connectivity index (χ4v) is 3.21. The van der Waals surface area contributed by atoms with E-state index in [0.29, 0.717) is 11.6 Å². The van der Waals surface area contributed by atoms with Gasteiger partial charge in [-0.1, -0.05) is 6.07 Å². The van der Waals surface area contributed by atoms with E-state index in [1.54, 1.807) is 6.07 Å². The van der Waals surface area contributed by atoms with Gasteiger partial charge < -0.3 is 4.90 Å². The standard InChI is InChI=1S/C17H19F3N2/c1-11-9-16(22-8-4-3-5-12(22)2)14-7-6-13(17(18,19)20)10-15(14)21-11/h6-7,9-10,12H,3-5,8H2,1-2H3. The fourth-order valence-electron chi connectivity index (χ4n) is 3.21. The van der Waals surface area contributed by atoms with E-state index < -0.39 is 11.7 Å². The highest BCUT2D eigenvalue weighted by atomic mass is 19.4. The van der Waals surface area contributed by atoms with Gasteiger partial charge in [0.25, 0.3) is 0 Å². The van der Waals surface area contributed by atoms with Crippen molar-refractivity contribution in [3.05, 3.63) is 35.5 Å². The molecule has 1 fully saturated rings. The van der Waals surface area contributed by atoms with Crippen LogP contribution in [0.15, 0.2) is 24.3 Å². The summed E-state index contributed by atoms with van der Waals surface area (Å²) in [6.07, 6.45) is -0.895. The monoisotopic (exact) mass is 308 g/mol. The maximum atomic E-state index is 12.9. The molecule has 118 valence electrons. The van der Waals surface area contributed by atoms with Gasteiger partial charge in [-0.05, 0) is 51.3 Å². The summed E-state index contributed by atoms with van der Waals surface area (Å²) < 4.78 is 38.7. The van der Waals surface area contributed by atoms with Gasteiger partial charge in [-0.3, -0.25) is 4.98 Å². The number of fused-ring (bicyclic) bond motifs is 1. The van der Waals surface area contributed by atoms with E-state index in [0.717, 1.165) is 48.3 Å². The Kier molecular flexibility index (Phi) is 3.75. The third-order valence-electron chi connectivity index (χ3n) is 4.36. The summed E-state index contributed by atoms with van der Waals surface area (Å²) in [5, 5.41) is 0.798. The van der Waals surface area contributed by atoms with Gasteiger partial charge in [-0.15, -0.1) is 0 Å². The lowest BCUT2D eigenvalue weighted by molar-refractivity contribution is -0.137. The highest BCUT2D eigenvalue weighted by Crippen LogP contribution is 2.35. The van der Waals surface area contributed by atoms with Crippen LogP contribution in [0.1, 0.15) is 37.4 Å². The number of nitrogens with zero attached hydrogens (tertiary/aromatic N) is 2. The van der Waals surface area contributed by atoms with Crippen LogP contribution in [0.25, 0.3) is 10.9 Å². The summed E-state index contributed by atoms with van der Waals surface area (Å²) in [6.45, 7) is 4.95. The Labute approximate surface area is 128 Å². The van der Waals surface area contributed by atoms with Gasteiger partial charge in [-0.2, -0.15) is 13.2 Å². The summed E-state index contributed by atoms with van der Waals surface area (Å²) in [4.78, 5) is 6.60. The first-order valence-electron chi connectivity index (χ1n) is 7.61. The van der Waals surface area contributed by atoms with E-state index in [1.807, 2.05) is 13.0 Å². The second kappa shape index (κ2) is 5.45. The van der Waals surface area contributed by atoms with Crippen molar-refractivity contribution in [1.82, 2.24) is 4.98 Å². The lowest BCUT2D eigenvalue weighted by Gasteiger charge is -2.36. The van der Waals surface area contributed by atoms with Gasteiger partial charge >= 0.3 is 6.18 Å². The Bertz CT molecular complexity index is 694. The zero-order chi connectivity index (χ0) is 15.9. The van der Waals surface area contributed by atoms with Crippen LogP contribution in [0.2, 0.25) is 0 Å². The number of benzene rings is 1. The molecule has 0 saturated carbocycles. The molecule has 22 heavy (non-hydrogen) atoms. The van der Waals surface area contributed by atoms with Crippen molar-refractivity contribution in [3.63, 3.8) is 0 Å². The number of piperidine rings is 1. The molecule has 0 amide bonds. The molecular formula is C17H19F3N2. The molecule has 0 spiro atoms. The zero-order valence-corrected chi connectivity index (χ0v) is 12.7. The van der Waals surface area contributed by atoms with Crippen molar-refractivity contribution in [2.75, 3.05) is 11.4 Å². The van der Waals surface area contributed by atoms with E-state index in [1.165, 1.54) is 6.42 Å². The second-order valence-corrected chi connectivity index (χ2v) is 6.05. The number of aryl methyl sites for hydroxylation is 1. The number of anilines is 1. The predicted molar refractivity (Wildman–Crippen MR) is 82.1 cm³/mol. The zero-order valence-electron chi connectivity index (χ0n) is 12.7. The van der Waals surface area contributed by atoms with Crippen LogP contribution in [0.5, 0.6) is 0 Å². The molecule has 0 bridgehead atoms. The number of hydrogen-bond acceptors (Lipinski definition) is 2.